The molecule has 2 N–H and O–H groups in total. The molecule has 0 saturated carbocycles. The van der Waals surface area contributed by atoms with Crippen LogP contribution in [0.4, 0.5) is 5.95 Å². The first-order chi connectivity index (χ1) is 7.15. The molecule has 0 fully saturated rings. The van der Waals surface area contributed by atoms with Crippen molar-refractivity contribution in [1.29, 1.82) is 0 Å². The first-order valence-electron chi connectivity index (χ1n) is 4.64. The number of hydrogen-bond acceptors (Lipinski definition) is 4. The normalized spacial score (nSPS) is 11.6. The Morgan fingerprint density at radius 1 is 1.27 bits per heavy atom. The summed E-state index contributed by atoms with van der Waals surface area (Å²) in [5.41, 5.74) is 8.82. The molecule has 0 aliphatic rings. The number of anilines is 1. The molecule has 15 heavy (non-hydrogen) atoms. The van der Waals surface area contributed by atoms with E-state index in [-0.39, 0.29) is 0 Å². The van der Waals surface area contributed by atoms with Gasteiger partial charge in [-0.3, -0.25) is 4.57 Å². The molecule has 0 radical (unpaired) electrons. The van der Waals surface area contributed by atoms with Gasteiger partial charge in [0.05, 0.1) is 0 Å². The molecule has 0 aromatic carbocycles. The molecular weight excluding hydrogens is 192 g/mol. The minimum absolute atomic E-state index is 0.460. The van der Waals surface area contributed by atoms with E-state index in [4.69, 9.17) is 10.2 Å². The summed E-state index contributed by atoms with van der Waals surface area (Å²) in [5, 5.41) is 0. The van der Waals surface area contributed by atoms with Crippen LogP contribution in [0.5, 0.6) is 0 Å². The first kappa shape index (κ1) is 8.28. The summed E-state index contributed by atoms with van der Waals surface area (Å²) in [6.07, 6.45) is 0. The van der Waals surface area contributed by atoms with Crippen LogP contribution in [0.15, 0.2) is 16.5 Å². The van der Waals surface area contributed by atoms with Crippen molar-refractivity contribution in [3.63, 3.8) is 0 Å². The maximum atomic E-state index is 5.70. The molecule has 3 aromatic rings. The van der Waals surface area contributed by atoms with Gasteiger partial charge in [-0.05, 0) is 6.92 Å². The lowest BCUT2D eigenvalue weighted by Gasteiger charge is -1.94. The number of aryl methyl sites for hydroxylation is 2. The molecule has 0 spiro atoms. The molecule has 0 saturated heterocycles. The van der Waals surface area contributed by atoms with Crippen LogP contribution in [0, 0.1) is 6.92 Å². The average Bonchev–Trinajstić information content (AvgIpc) is 2.65. The van der Waals surface area contributed by atoms with Crippen LogP contribution < -0.4 is 5.73 Å². The topological polar surface area (TPSA) is 69.9 Å². The van der Waals surface area contributed by atoms with Crippen LogP contribution in [-0.2, 0) is 7.05 Å². The molecule has 3 rings (SSSR count). The van der Waals surface area contributed by atoms with E-state index in [9.17, 15) is 0 Å². The molecule has 3 heterocycles. The van der Waals surface area contributed by atoms with Crippen LogP contribution in [-0.4, -0.2) is 14.5 Å². The zero-order valence-electron chi connectivity index (χ0n) is 8.48. The van der Waals surface area contributed by atoms with Crippen LogP contribution in [0.25, 0.3) is 22.3 Å². The molecule has 0 aliphatic carbocycles. The summed E-state index contributed by atoms with van der Waals surface area (Å²) in [4.78, 5) is 8.64. The summed E-state index contributed by atoms with van der Waals surface area (Å²) < 4.78 is 7.23. The van der Waals surface area contributed by atoms with Crippen LogP contribution in [0.3, 0.4) is 0 Å². The fourth-order valence-electron chi connectivity index (χ4n) is 1.71. The van der Waals surface area contributed by atoms with Crippen LogP contribution in [0.1, 0.15) is 5.76 Å². The molecule has 5 heteroatoms. The van der Waals surface area contributed by atoms with Gasteiger partial charge in [0, 0.05) is 19.2 Å². The summed E-state index contributed by atoms with van der Waals surface area (Å²) >= 11 is 0. The summed E-state index contributed by atoms with van der Waals surface area (Å²) in [5.74, 6) is 1.31. The standard InChI is InChI=1S/C10H10N4O/c1-5-3-6-8(15-5)4-7-9(12-6)14(2)10(11)13-7/h3-4H,1-2H3,(H2,11,13). The van der Waals surface area contributed by atoms with Gasteiger partial charge >= 0.3 is 0 Å². The number of nitrogens with zero attached hydrogens (tertiary/aromatic N) is 3. The number of hydrogen-bond donors (Lipinski definition) is 1. The largest absolute Gasteiger partial charge is 0.460 e. The summed E-state index contributed by atoms with van der Waals surface area (Å²) in [6.45, 7) is 1.90. The number of fused-ring (bicyclic) bond motifs is 2. The van der Waals surface area contributed by atoms with Gasteiger partial charge in [-0.1, -0.05) is 0 Å². The number of furan rings is 1. The van der Waals surface area contributed by atoms with Crippen molar-refractivity contribution in [1.82, 2.24) is 14.5 Å². The van der Waals surface area contributed by atoms with Crippen molar-refractivity contribution < 1.29 is 4.42 Å². The fraction of sp³-hybridized carbons (Fsp3) is 0.200. The van der Waals surface area contributed by atoms with Gasteiger partial charge in [-0.25, -0.2) is 9.97 Å². The highest BCUT2D eigenvalue weighted by Crippen LogP contribution is 2.22. The van der Waals surface area contributed by atoms with Crippen molar-refractivity contribution >= 4 is 28.2 Å². The highest BCUT2D eigenvalue weighted by molar-refractivity contribution is 5.87. The van der Waals surface area contributed by atoms with Gasteiger partial charge in [0.25, 0.3) is 0 Å². The number of nitrogen functional groups attached to an aromatic ring is 1. The van der Waals surface area contributed by atoms with E-state index in [1.54, 1.807) is 4.57 Å². The maximum absolute atomic E-state index is 5.70. The van der Waals surface area contributed by atoms with E-state index in [0.29, 0.717) is 5.95 Å². The lowest BCUT2D eigenvalue weighted by Crippen LogP contribution is -1.96. The minimum atomic E-state index is 0.460. The van der Waals surface area contributed by atoms with Crippen molar-refractivity contribution in [2.24, 2.45) is 7.05 Å². The molecular formula is C10H10N4O. The van der Waals surface area contributed by atoms with E-state index in [1.807, 2.05) is 26.1 Å². The van der Waals surface area contributed by atoms with E-state index in [2.05, 4.69) is 9.97 Å². The second-order valence-corrected chi connectivity index (χ2v) is 3.60. The second kappa shape index (κ2) is 2.50. The first-order valence-corrected chi connectivity index (χ1v) is 4.64. The Labute approximate surface area is 85.5 Å². The molecule has 0 aliphatic heterocycles. The van der Waals surface area contributed by atoms with Crippen molar-refractivity contribution in [2.45, 2.75) is 6.92 Å². The summed E-state index contributed by atoms with van der Waals surface area (Å²) in [7, 11) is 1.84. The van der Waals surface area contributed by atoms with Crippen molar-refractivity contribution in [3.8, 4) is 0 Å². The molecule has 0 unspecified atom stereocenters. The number of nitrogens with two attached hydrogens (primary N) is 1. The van der Waals surface area contributed by atoms with Gasteiger partial charge in [0.1, 0.15) is 16.8 Å². The molecule has 0 atom stereocenters. The Morgan fingerprint density at radius 2 is 2.07 bits per heavy atom. The SMILES string of the molecule is Cc1cc2nc3c(cc2o1)nc(N)n3C. The Balaban J connectivity index is 2.51. The van der Waals surface area contributed by atoms with Gasteiger partial charge in [-0.15, -0.1) is 0 Å². The Hall–Kier alpha value is -2.04. The lowest BCUT2D eigenvalue weighted by molar-refractivity contribution is 0.578. The van der Waals surface area contributed by atoms with Gasteiger partial charge < -0.3 is 10.2 Å². The third-order valence-corrected chi connectivity index (χ3v) is 2.48. The molecule has 5 nitrogen and oxygen atoms in total. The van der Waals surface area contributed by atoms with E-state index >= 15 is 0 Å². The van der Waals surface area contributed by atoms with Gasteiger partial charge in [-0.2, -0.15) is 0 Å². The fourth-order valence-corrected chi connectivity index (χ4v) is 1.71. The number of pyridine rings is 1. The molecule has 3 aromatic heterocycles. The van der Waals surface area contributed by atoms with E-state index in [1.165, 1.54) is 0 Å². The predicted octanol–water partition coefficient (Wildman–Crippen LogP) is 1.61. The molecule has 0 amide bonds. The Bertz CT molecular complexity index is 665. The third kappa shape index (κ3) is 1.03. The van der Waals surface area contributed by atoms with Crippen LogP contribution >= 0.6 is 0 Å². The zero-order chi connectivity index (χ0) is 10.6. The number of imidazole rings is 1. The monoisotopic (exact) mass is 202 g/mol. The minimum Gasteiger partial charge on any atom is -0.460 e. The van der Waals surface area contributed by atoms with Crippen molar-refractivity contribution in [3.05, 3.63) is 17.9 Å². The van der Waals surface area contributed by atoms with Gasteiger partial charge in [0.15, 0.2) is 11.2 Å². The third-order valence-electron chi connectivity index (χ3n) is 2.48. The zero-order valence-corrected chi connectivity index (χ0v) is 8.48. The number of aromatic nitrogens is 3. The highest BCUT2D eigenvalue weighted by atomic mass is 16.3. The predicted molar refractivity (Wildman–Crippen MR) is 57.4 cm³/mol. The smallest absolute Gasteiger partial charge is 0.202 e. The highest BCUT2D eigenvalue weighted by Gasteiger charge is 2.10. The quantitative estimate of drug-likeness (QED) is 0.601. The van der Waals surface area contributed by atoms with E-state index < -0.39 is 0 Å². The summed E-state index contributed by atoms with van der Waals surface area (Å²) in [6, 6.07) is 3.76. The maximum Gasteiger partial charge on any atom is 0.202 e. The van der Waals surface area contributed by atoms with Crippen molar-refractivity contribution in [2.75, 3.05) is 5.73 Å². The van der Waals surface area contributed by atoms with Crippen LogP contribution in [0.2, 0.25) is 0 Å². The Morgan fingerprint density at radius 3 is 2.87 bits per heavy atom. The molecule has 0 bridgehead atoms. The number of rotatable bonds is 0. The molecule has 76 valence electrons. The lowest BCUT2D eigenvalue weighted by atomic mass is 10.3. The Kier molecular flexibility index (Phi) is 1.38. The van der Waals surface area contributed by atoms with E-state index in [0.717, 1.165) is 28.0 Å². The van der Waals surface area contributed by atoms with Gasteiger partial charge in [0.2, 0.25) is 5.95 Å². The second-order valence-electron chi connectivity index (χ2n) is 3.60. The average molecular weight is 202 g/mol.